The van der Waals surface area contributed by atoms with Crippen molar-refractivity contribution < 1.29 is 9.52 Å². The summed E-state index contributed by atoms with van der Waals surface area (Å²) in [4.78, 5) is 4.34. The van der Waals surface area contributed by atoms with Gasteiger partial charge in [-0.25, -0.2) is 4.98 Å². The number of halogens is 1. The van der Waals surface area contributed by atoms with E-state index < -0.39 is 6.04 Å². The highest BCUT2D eigenvalue weighted by Gasteiger charge is 2.14. The maximum Gasteiger partial charge on any atom is 0.264 e. The molecular weight excluding hydrogens is 212 g/mol. The average molecular weight is 221 g/mol. The second-order valence-electron chi connectivity index (χ2n) is 2.21. The van der Waals surface area contributed by atoms with Crippen molar-refractivity contribution in [1.29, 1.82) is 0 Å². The SMILES string of the molecule is Cc1nc(Br)oc1C(N)CO. The first kappa shape index (κ1) is 8.70. The number of hydrogen-bond donors (Lipinski definition) is 2. The van der Waals surface area contributed by atoms with Gasteiger partial charge in [-0.2, -0.15) is 0 Å². The van der Waals surface area contributed by atoms with Gasteiger partial charge in [-0.05, 0) is 6.92 Å². The maximum atomic E-state index is 8.69. The Morgan fingerprint density at radius 2 is 2.45 bits per heavy atom. The van der Waals surface area contributed by atoms with Crippen molar-refractivity contribution in [3.8, 4) is 0 Å². The highest BCUT2D eigenvalue weighted by atomic mass is 79.9. The molecule has 4 nitrogen and oxygen atoms in total. The number of aliphatic hydroxyl groups excluding tert-OH is 1. The molecule has 0 amide bonds. The summed E-state index contributed by atoms with van der Waals surface area (Å²) in [6.07, 6.45) is 0. The lowest BCUT2D eigenvalue weighted by Crippen LogP contribution is -2.14. The smallest absolute Gasteiger partial charge is 0.264 e. The van der Waals surface area contributed by atoms with Gasteiger partial charge in [-0.1, -0.05) is 0 Å². The summed E-state index contributed by atoms with van der Waals surface area (Å²) in [6.45, 7) is 1.64. The Hall–Kier alpha value is -0.390. The first-order valence-electron chi connectivity index (χ1n) is 3.14. The Balaban J connectivity index is 2.93. The van der Waals surface area contributed by atoms with Gasteiger partial charge in [0.25, 0.3) is 4.80 Å². The van der Waals surface area contributed by atoms with Crippen molar-refractivity contribution >= 4 is 15.9 Å². The minimum atomic E-state index is -0.478. The van der Waals surface area contributed by atoms with Gasteiger partial charge in [-0.3, -0.25) is 0 Å². The van der Waals surface area contributed by atoms with Gasteiger partial charge in [0.05, 0.1) is 18.3 Å². The lowest BCUT2D eigenvalue weighted by molar-refractivity contribution is 0.250. The molecule has 0 aromatic carbocycles. The van der Waals surface area contributed by atoms with Crippen molar-refractivity contribution in [3.63, 3.8) is 0 Å². The van der Waals surface area contributed by atoms with Crippen LogP contribution in [0.1, 0.15) is 17.5 Å². The minimum Gasteiger partial charge on any atom is -0.434 e. The number of rotatable bonds is 2. The molecule has 1 aromatic rings. The van der Waals surface area contributed by atoms with E-state index in [-0.39, 0.29) is 6.61 Å². The molecule has 1 rings (SSSR count). The quantitative estimate of drug-likeness (QED) is 0.772. The van der Waals surface area contributed by atoms with Crippen LogP contribution in [0.15, 0.2) is 9.22 Å². The van der Waals surface area contributed by atoms with E-state index in [2.05, 4.69) is 20.9 Å². The molecule has 62 valence electrons. The zero-order valence-electron chi connectivity index (χ0n) is 6.04. The molecule has 0 saturated heterocycles. The van der Waals surface area contributed by atoms with Crippen LogP contribution in [0.4, 0.5) is 0 Å². The van der Waals surface area contributed by atoms with Crippen molar-refractivity contribution in [3.05, 3.63) is 16.3 Å². The van der Waals surface area contributed by atoms with Crippen LogP contribution in [0, 0.1) is 6.92 Å². The summed E-state index contributed by atoms with van der Waals surface area (Å²) >= 11 is 3.07. The highest BCUT2D eigenvalue weighted by Crippen LogP contribution is 2.19. The van der Waals surface area contributed by atoms with Crippen LogP contribution in [-0.4, -0.2) is 16.7 Å². The molecule has 0 spiro atoms. The number of aromatic nitrogens is 1. The fourth-order valence-electron chi connectivity index (χ4n) is 0.801. The highest BCUT2D eigenvalue weighted by molar-refractivity contribution is 9.10. The molecule has 0 aliphatic rings. The number of oxazole rings is 1. The second kappa shape index (κ2) is 3.34. The molecule has 1 heterocycles. The van der Waals surface area contributed by atoms with E-state index in [1.54, 1.807) is 6.92 Å². The number of aliphatic hydroxyl groups is 1. The topological polar surface area (TPSA) is 72.3 Å². The molecule has 1 unspecified atom stereocenters. The van der Waals surface area contributed by atoms with Crippen molar-refractivity contribution in [2.75, 3.05) is 6.61 Å². The first-order chi connectivity index (χ1) is 5.15. The van der Waals surface area contributed by atoms with E-state index >= 15 is 0 Å². The van der Waals surface area contributed by atoms with E-state index in [1.165, 1.54) is 0 Å². The number of nitrogens with two attached hydrogens (primary N) is 1. The lowest BCUT2D eigenvalue weighted by Gasteiger charge is -2.02. The average Bonchev–Trinajstić information content (AvgIpc) is 2.28. The van der Waals surface area contributed by atoms with Crippen molar-refractivity contribution in [2.45, 2.75) is 13.0 Å². The van der Waals surface area contributed by atoms with Crippen LogP contribution in [-0.2, 0) is 0 Å². The van der Waals surface area contributed by atoms with Crippen LogP contribution in [0.25, 0.3) is 0 Å². The van der Waals surface area contributed by atoms with Gasteiger partial charge in [0.2, 0.25) is 0 Å². The Morgan fingerprint density at radius 1 is 1.82 bits per heavy atom. The minimum absolute atomic E-state index is 0.136. The molecule has 0 aliphatic heterocycles. The molecule has 0 bridgehead atoms. The van der Waals surface area contributed by atoms with E-state index in [9.17, 15) is 0 Å². The summed E-state index contributed by atoms with van der Waals surface area (Å²) in [5.41, 5.74) is 6.21. The van der Waals surface area contributed by atoms with Gasteiger partial charge in [0.1, 0.15) is 5.76 Å². The van der Waals surface area contributed by atoms with Crippen molar-refractivity contribution in [1.82, 2.24) is 4.98 Å². The van der Waals surface area contributed by atoms with Gasteiger partial charge < -0.3 is 15.3 Å². The standard InChI is InChI=1S/C6H9BrN2O2/c1-3-5(4(8)2-10)11-6(7)9-3/h4,10H,2,8H2,1H3. The van der Waals surface area contributed by atoms with Gasteiger partial charge in [-0.15, -0.1) is 0 Å². The fourth-order valence-corrected chi connectivity index (χ4v) is 1.24. The number of aryl methyl sites for hydroxylation is 1. The molecule has 0 radical (unpaired) electrons. The third-order valence-electron chi connectivity index (χ3n) is 1.34. The van der Waals surface area contributed by atoms with Crippen LogP contribution >= 0.6 is 15.9 Å². The third-order valence-corrected chi connectivity index (χ3v) is 1.68. The maximum absolute atomic E-state index is 8.69. The Bertz CT molecular complexity index is 249. The van der Waals surface area contributed by atoms with Crippen LogP contribution < -0.4 is 5.73 Å². The molecule has 0 aliphatic carbocycles. The third kappa shape index (κ3) is 1.79. The normalized spacial score (nSPS) is 13.5. The van der Waals surface area contributed by atoms with E-state index in [0.717, 1.165) is 0 Å². The van der Waals surface area contributed by atoms with Gasteiger partial charge in [0, 0.05) is 15.9 Å². The summed E-state index contributed by atoms with van der Waals surface area (Å²) in [5, 5.41) is 8.69. The molecule has 1 aromatic heterocycles. The van der Waals surface area contributed by atoms with Crippen molar-refractivity contribution in [2.24, 2.45) is 5.73 Å². The zero-order chi connectivity index (χ0) is 8.43. The van der Waals surface area contributed by atoms with Crippen LogP contribution in [0.2, 0.25) is 0 Å². The van der Waals surface area contributed by atoms with Crippen LogP contribution in [0.3, 0.4) is 0 Å². The van der Waals surface area contributed by atoms with Gasteiger partial charge in [0.15, 0.2) is 0 Å². The molecular formula is C6H9BrN2O2. The van der Waals surface area contributed by atoms with Crippen LogP contribution in [0.5, 0.6) is 0 Å². The first-order valence-corrected chi connectivity index (χ1v) is 3.93. The molecule has 11 heavy (non-hydrogen) atoms. The largest absolute Gasteiger partial charge is 0.434 e. The fraction of sp³-hybridized carbons (Fsp3) is 0.500. The van der Waals surface area contributed by atoms with E-state index in [0.29, 0.717) is 16.3 Å². The predicted octanol–water partition coefficient (Wildman–Crippen LogP) is 0.738. The number of hydrogen-bond acceptors (Lipinski definition) is 4. The summed E-state index contributed by atoms with van der Waals surface area (Å²) in [7, 11) is 0. The zero-order valence-corrected chi connectivity index (χ0v) is 7.63. The predicted molar refractivity (Wildman–Crippen MR) is 43.0 cm³/mol. The van der Waals surface area contributed by atoms with E-state index in [4.69, 9.17) is 15.3 Å². The summed E-state index contributed by atoms with van der Waals surface area (Å²) in [5.74, 6) is 0.527. The Morgan fingerprint density at radius 3 is 2.82 bits per heavy atom. The molecule has 1 atom stereocenters. The number of nitrogens with zero attached hydrogens (tertiary/aromatic N) is 1. The van der Waals surface area contributed by atoms with E-state index in [1.807, 2.05) is 0 Å². The Kier molecular flexibility index (Phi) is 2.64. The monoisotopic (exact) mass is 220 g/mol. The molecule has 0 fully saturated rings. The van der Waals surface area contributed by atoms with Gasteiger partial charge >= 0.3 is 0 Å². The summed E-state index contributed by atoms with van der Waals surface area (Å²) in [6, 6.07) is -0.478. The Labute approximate surface area is 72.5 Å². The molecule has 3 N–H and O–H groups in total. The lowest BCUT2D eigenvalue weighted by atomic mass is 10.2. The molecule has 0 saturated carbocycles. The second-order valence-corrected chi connectivity index (χ2v) is 2.88. The summed E-state index contributed by atoms with van der Waals surface area (Å²) < 4.78 is 5.09. The molecule has 5 heteroatoms.